The molecule has 5 nitrogen and oxygen atoms in total. The van der Waals surface area contributed by atoms with Crippen LogP contribution in [0.2, 0.25) is 0 Å². The van der Waals surface area contributed by atoms with Gasteiger partial charge in [0.25, 0.3) is 0 Å². The Balaban J connectivity index is 0.00000338. The second kappa shape index (κ2) is 14.2. The van der Waals surface area contributed by atoms with Crippen molar-refractivity contribution in [3.8, 4) is 0 Å². The van der Waals surface area contributed by atoms with Crippen molar-refractivity contribution in [1.82, 2.24) is 15.5 Å². The van der Waals surface area contributed by atoms with Gasteiger partial charge >= 0.3 is 0 Å². The van der Waals surface area contributed by atoms with E-state index in [4.69, 9.17) is 4.74 Å². The predicted molar refractivity (Wildman–Crippen MR) is 120 cm³/mol. The molecular weight excluding hydrogens is 439 g/mol. The Morgan fingerprint density at radius 2 is 1.81 bits per heavy atom. The number of nitrogens with one attached hydrogen (secondary N) is 2. The highest BCUT2D eigenvalue weighted by Gasteiger charge is 2.09. The average Bonchev–Trinajstić information content (AvgIpc) is 2.67. The van der Waals surface area contributed by atoms with Crippen LogP contribution in [0.5, 0.6) is 0 Å². The number of ether oxygens (including phenoxy) is 1. The van der Waals surface area contributed by atoms with E-state index in [1.807, 2.05) is 13.1 Å². The van der Waals surface area contributed by atoms with Gasteiger partial charge in [0.1, 0.15) is 0 Å². The number of likely N-dealkylation sites (tertiary alicyclic amines) is 1. The molecule has 1 saturated heterocycles. The maximum atomic E-state index is 5.90. The number of nitrogens with zero attached hydrogens (tertiary/aromatic N) is 2. The highest BCUT2D eigenvalue weighted by molar-refractivity contribution is 14.0. The Bertz CT molecular complexity index is 492. The summed E-state index contributed by atoms with van der Waals surface area (Å²) in [7, 11) is 1.82. The van der Waals surface area contributed by atoms with Gasteiger partial charge in [0.05, 0.1) is 6.10 Å². The smallest absolute Gasteiger partial charge is 0.191 e. The van der Waals surface area contributed by atoms with Crippen molar-refractivity contribution in [1.29, 1.82) is 0 Å². The number of piperidine rings is 1. The maximum absolute atomic E-state index is 5.90. The van der Waals surface area contributed by atoms with Crippen molar-refractivity contribution in [2.75, 3.05) is 46.4 Å². The summed E-state index contributed by atoms with van der Waals surface area (Å²) in [6.07, 6.45) is 5.17. The third kappa shape index (κ3) is 9.19. The molecule has 1 aromatic carbocycles. The fraction of sp³-hybridized carbons (Fsp3) is 0.650. The molecule has 1 unspecified atom stereocenters. The van der Waals surface area contributed by atoms with E-state index in [9.17, 15) is 0 Å². The molecule has 26 heavy (non-hydrogen) atoms. The summed E-state index contributed by atoms with van der Waals surface area (Å²) in [5.41, 5.74) is 1.23. The van der Waals surface area contributed by atoms with E-state index >= 15 is 0 Å². The van der Waals surface area contributed by atoms with Gasteiger partial charge in [-0.25, -0.2) is 0 Å². The van der Waals surface area contributed by atoms with E-state index in [1.54, 1.807) is 0 Å². The third-order valence-corrected chi connectivity index (χ3v) is 4.64. The van der Waals surface area contributed by atoms with Gasteiger partial charge < -0.3 is 20.3 Å². The van der Waals surface area contributed by atoms with E-state index in [0.717, 1.165) is 38.6 Å². The summed E-state index contributed by atoms with van der Waals surface area (Å²) < 4.78 is 5.90. The van der Waals surface area contributed by atoms with Gasteiger partial charge in [-0.3, -0.25) is 4.99 Å². The van der Waals surface area contributed by atoms with Crippen LogP contribution in [0, 0.1) is 0 Å². The Morgan fingerprint density at radius 1 is 1.12 bits per heavy atom. The van der Waals surface area contributed by atoms with Crippen LogP contribution >= 0.6 is 24.0 Å². The molecule has 1 aliphatic heterocycles. The Hall–Kier alpha value is -0.860. The van der Waals surface area contributed by atoms with Crippen LogP contribution in [0.3, 0.4) is 0 Å². The van der Waals surface area contributed by atoms with Crippen LogP contribution in [-0.4, -0.2) is 57.2 Å². The quantitative estimate of drug-likeness (QED) is 0.249. The first-order chi connectivity index (χ1) is 12.3. The van der Waals surface area contributed by atoms with Gasteiger partial charge in [0.2, 0.25) is 0 Å². The fourth-order valence-corrected chi connectivity index (χ4v) is 3.10. The van der Waals surface area contributed by atoms with Crippen LogP contribution in [0.1, 0.15) is 44.3 Å². The number of benzene rings is 1. The van der Waals surface area contributed by atoms with Gasteiger partial charge in [0, 0.05) is 33.3 Å². The molecule has 2 N–H and O–H groups in total. The van der Waals surface area contributed by atoms with Crippen molar-refractivity contribution in [3.63, 3.8) is 0 Å². The van der Waals surface area contributed by atoms with E-state index in [0.29, 0.717) is 0 Å². The van der Waals surface area contributed by atoms with Crippen molar-refractivity contribution < 1.29 is 4.74 Å². The number of hydrogen-bond donors (Lipinski definition) is 2. The molecule has 0 saturated carbocycles. The van der Waals surface area contributed by atoms with Crippen molar-refractivity contribution in [2.24, 2.45) is 4.99 Å². The molecule has 0 radical (unpaired) electrons. The molecule has 1 aliphatic rings. The molecule has 1 atom stereocenters. The Labute approximate surface area is 176 Å². The molecule has 2 rings (SSSR count). The van der Waals surface area contributed by atoms with Gasteiger partial charge in [-0.05, 0) is 44.8 Å². The highest BCUT2D eigenvalue weighted by Crippen LogP contribution is 2.15. The average molecular weight is 474 g/mol. The third-order valence-electron chi connectivity index (χ3n) is 4.64. The van der Waals surface area contributed by atoms with Crippen LogP contribution in [0.25, 0.3) is 0 Å². The van der Waals surface area contributed by atoms with Crippen LogP contribution < -0.4 is 10.6 Å². The number of halogens is 1. The van der Waals surface area contributed by atoms with E-state index in [1.165, 1.54) is 37.9 Å². The van der Waals surface area contributed by atoms with E-state index < -0.39 is 0 Å². The van der Waals surface area contributed by atoms with Gasteiger partial charge in [0.15, 0.2) is 5.96 Å². The summed E-state index contributed by atoms with van der Waals surface area (Å²) in [6, 6.07) is 10.4. The lowest BCUT2D eigenvalue weighted by atomic mass is 10.1. The number of rotatable bonds is 9. The van der Waals surface area contributed by atoms with Crippen molar-refractivity contribution >= 4 is 29.9 Å². The zero-order valence-corrected chi connectivity index (χ0v) is 18.6. The zero-order valence-electron chi connectivity index (χ0n) is 16.2. The van der Waals surface area contributed by atoms with Crippen molar-refractivity contribution in [3.05, 3.63) is 35.9 Å². The normalized spacial score (nSPS) is 16.6. The van der Waals surface area contributed by atoms with Gasteiger partial charge in [-0.2, -0.15) is 0 Å². The first-order valence-electron chi connectivity index (χ1n) is 9.63. The SMILES string of the molecule is CN=C(NCCCOC(C)c1ccccc1)NCCN1CCCCC1.I. The molecule has 1 fully saturated rings. The van der Waals surface area contributed by atoms with Gasteiger partial charge in [-0.15, -0.1) is 24.0 Å². The summed E-state index contributed by atoms with van der Waals surface area (Å²) in [4.78, 5) is 6.82. The predicted octanol–water partition coefficient (Wildman–Crippen LogP) is 3.42. The minimum atomic E-state index is 0. The number of guanidine groups is 1. The summed E-state index contributed by atoms with van der Waals surface area (Å²) in [5, 5.41) is 6.76. The minimum Gasteiger partial charge on any atom is -0.374 e. The first kappa shape index (κ1) is 23.2. The molecular formula is C20H35IN4O. The molecule has 6 heteroatoms. The number of hydrogen-bond acceptors (Lipinski definition) is 3. The monoisotopic (exact) mass is 474 g/mol. The zero-order chi connectivity index (χ0) is 17.7. The first-order valence-corrected chi connectivity index (χ1v) is 9.63. The van der Waals surface area contributed by atoms with E-state index in [-0.39, 0.29) is 30.1 Å². The lowest BCUT2D eigenvalue weighted by molar-refractivity contribution is 0.0646. The second-order valence-corrected chi connectivity index (χ2v) is 6.61. The van der Waals surface area contributed by atoms with Crippen LogP contribution in [0.15, 0.2) is 35.3 Å². The molecule has 0 aliphatic carbocycles. The molecule has 1 aromatic rings. The molecule has 0 bridgehead atoms. The standard InChI is InChI=1S/C20H34N4O.HI/c1-18(19-10-5-3-6-11-19)25-17-9-12-22-20(21-2)23-13-16-24-14-7-4-8-15-24;/h3,5-6,10-11,18H,4,7-9,12-17H2,1-2H3,(H2,21,22,23);1H. The highest BCUT2D eigenvalue weighted by atomic mass is 127. The maximum Gasteiger partial charge on any atom is 0.191 e. The van der Waals surface area contributed by atoms with Crippen molar-refractivity contribution in [2.45, 2.75) is 38.7 Å². The second-order valence-electron chi connectivity index (χ2n) is 6.61. The topological polar surface area (TPSA) is 48.9 Å². The molecule has 0 amide bonds. The molecule has 0 aromatic heterocycles. The molecule has 1 heterocycles. The summed E-state index contributed by atoms with van der Waals surface area (Å²) in [5.74, 6) is 0.883. The summed E-state index contributed by atoms with van der Waals surface area (Å²) in [6.45, 7) is 8.23. The van der Waals surface area contributed by atoms with E-state index in [2.05, 4.69) is 51.7 Å². The lowest BCUT2D eigenvalue weighted by Gasteiger charge is -2.26. The van der Waals surface area contributed by atoms with Gasteiger partial charge in [-0.1, -0.05) is 36.8 Å². The largest absolute Gasteiger partial charge is 0.374 e. The van der Waals surface area contributed by atoms with Crippen LogP contribution in [0.4, 0.5) is 0 Å². The molecule has 148 valence electrons. The fourth-order valence-electron chi connectivity index (χ4n) is 3.10. The number of aliphatic imine (C=N–C) groups is 1. The lowest BCUT2D eigenvalue weighted by Crippen LogP contribution is -2.43. The summed E-state index contributed by atoms with van der Waals surface area (Å²) >= 11 is 0. The Morgan fingerprint density at radius 3 is 2.50 bits per heavy atom. The molecule has 0 spiro atoms. The Kier molecular flexibility index (Phi) is 12.7. The van der Waals surface area contributed by atoms with Crippen LogP contribution in [-0.2, 0) is 4.74 Å². The minimum absolute atomic E-state index is 0.